The van der Waals surface area contributed by atoms with Gasteiger partial charge in [-0.15, -0.1) is 0 Å². The van der Waals surface area contributed by atoms with Crippen molar-refractivity contribution in [3.8, 4) is 0 Å². The van der Waals surface area contributed by atoms with Crippen LogP contribution in [0.2, 0.25) is 22.7 Å². The Morgan fingerprint density at radius 3 is 2.00 bits per heavy atom. The van der Waals surface area contributed by atoms with E-state index in [0.717, 1.165) is 16.6 Å². The Kier molecular flexibility index (Phi) is 3.62. The summed E-state index contributed by atoms with van der Waals surface area (Å²) in [4.78, 5) is 0. The van der Waals surface area contributed by atoms with Crippen molar-refractivity contribution in [2.45, 2.75) is 76.5 Å². The van der Waals surface area contributed by atoms with E-state index >= 15 is 0 Å². The van der Waals surface area contributed by atoms with E-state index in [9.17, 15) is 0 Å². The lowest BCUT2D eigenvalue weighted by molar-refractivity contribution is 0.708. The van der Waals surface area contributed by atoms with Crippen molar-refractivity contribution in [2.24, 2.45) is 0 Å². The third kappa shape index (κ3) is 1.72. The molecule has 1 heteroatoms. The van der Waals surface area contributed by atoms with Gasteiger partial charge in [-0.1, -0.05) is 71.0 Å². The lowest BCUT2D eigenvalue weighted by atomic mass is 10.2. The molecule has 1 aliphatic heterocycles. The fraction of sp³-hybridized carbons (Fsp3) is 1.00. The highest BCUT2D eigenvalue weighted by Gasteiger charge is 2.48. The summed E-state index contributed by atoms with van der Waals surface area (Å²) in [5, 5.41) is 0. The predicted octanol–water partition coefficient (Wildman–Crippen LogP) is 4.83. The average molecular weight is 198 g/mol. The molecule has 78 valence electrons. The van der Waals surface area contributed by atoms with E-state index in [2.05, 4.69) is 34.6 Å². The summed E-state index contributed by atoms with van der Waals surface area (Å²) in [5.74, 6) is 0. The second-order valence-corrected chi connectivity index (χ2v) is 11.3. The molecular formula is C12H26Si. The zero-order valence-electron chi connectivity index (χ0n) is 10.1. The number of hydrogen-bond acceptors (Lipinski definition) is 0. The molecule has 1 unspecified atom stereocenters. The van der Waals surface area contributed by atoms with Crippen LogP contribution in [-0.4, -0.2) is 8.07 Å². The van der Waals surface area contributed by atoms with E-state index in [1.807, 2.05) is 0 Å². The van der Waals surface area contributed by atoms with Gasteiger partial charge in [-0.3, -0.25) is 0 Å². The van der Waals surface area contributed by atoms with Gasteiger partial charge in [0.15, 0.2) is 0 Å². The standard InChI is InChI=1S/C12H26Si/c1-6-12-8-7-9-13(12,10(2)3)11(4)5/h10-12H,6-9H2,1-5H3. The number of rotatable bonds is 3. The molecule has 0 N–H and O–H groups in total. The van der Waals surface area contributed by atoms with Crippen LogP contribution in [0.5, 0.6) is 0 Å². The smallest absolute Gasteiger partial charge is 0.0618 e. The van der Waals surface area contributed by atoms with E-state index < -0.39 is 8.07 Å². The maximum Gasteiger partial charge on any atom is 0.0618 e. The van der Waals surface area contributed by atoms with Crippen molar-refractivity contribution in [1.82, 2.24) is 0 Å². The van der Waals surface area contributed by atoms with E-state index in [1.54, 1.807) is 12.5 Å². The molecule has 1 fully saturated rings. The Balaban J connectivity index is 2.88. The van der Waals surface area contributed by atoms with Crippen LogP contribution in [0.4, 0.5) is 0 Å². The largest absolute Gasteiger partial charge is 0.0654 e. The topological polar surface area (TPSA) is 0 Å². The quantitative estimate of drug-likeness (QED) is 0.570. The third-order valence-corrected chi connectivity index (χ3v) is 12.3. The Morgan fingerprint density at radius 2 is 1.69 bits per heavy atom. The maximum absolute atomic E-state index is 2.49. The van der Waals surface area contributed by atoms with Gasteiger partial charge in [-0.05, 0) is 5.54 Å². The SMILES string of the molecule is CCC1CCC[Si]1(C(C)C)C(C)C. The Labute approximate surface area is 85.1 Å². The highest BCUT2D eigenvalue weighted by atomic mass is 28.3. The molecule has 1 aliphatic rings. The second kappa shape index (κ2) is 4.16. The summed E-state index contributed by atoms with van der Waals surface area (Å²) >= 11 is 0. The first-order valence-electron chi connectivity index (χ1n) is 6.05. The monoisotopic (exact) mass is 198 g/mol. The minimum absolute atomic E-state index is 0.916. The zero-order valence-corrected chi connectivity index (χ0v) is 11.1. The molecule has 1 atom stereocenters. The average Bonchev–Trinajstić information content (AvgIpc) is 2.47. The van der Waals surface area contributed by atoms with Crippen LogP contribution in [0.25, 0.3) is 0 Å². The van der Waals surface area contributed by atoms with Crippen LogP contribution in [-0.2, 0) is 0 Å². The van der Waals surface area contributed by atoms with E-state index in [-0.39, 0.29) is 0 Å². The van der Waals surface area contributed by atoms with Gasteiger partial charge in [-0.25, -0.2) is 0 Å². The second-order valence-electron chi connectivity index (χ2n) is 5.42. The van der Waals surface area contributed by atoms with Gasteiger partial charge >= 0.3 is 0 Å². The summed E-state index contributed by atoms with van der Waals surface area (Å²) in [6.45, 7) is 12.4. The fourth-order valence-corrected chi connectivity index (χ4v) is 11.0. The normalized spacial score (nSPS) is 27.5. The lowest BCUT2D eigenvalue weighted by Gasteiger charge is -2.41. The molecule has 1 saturated heterocycles. The minimum Gasteiger partial charge on any atom is -0.0654 e. The van der Waals surface area contributed by atoms with E-state index in [0.29, 0.717) is 0 Å². The van der Waals surface area contributed by atoms with Gasteiger partial charge in [-0.2, -0.15) is 0 Å². The van der Waals surface area contributed by atoms with Crippen molar-refractivity contribution >= 4 is 8.07 Å². The van der Waals surface area contributed by atoms with Gasteiger partial charge in [0.25, 0.3) is 0 Å². The van der Waals surface area contributed by atoms with Gasteiger partial charge in [0, 0.05) is 0 Å². The van der Waals surface area contributed by atoms with Crippen molar-refractivity contribution in [2.75, 3.05) is 0 Å². The third-order valence-electron chi connectivity index (χ3n) is 4.57. The van der Waals surface area contributed by atoms with Crippen LogP contribution in [0.1, 0.15) is 53.9 Å². The van der Waals surface area contributed by atoms with Gasteiger partial charge in [0.1, 0.15) is 0 Å². The molecule has 1 rings (SSSR count). The lowest BCUT2D eigenvalue weighted by Crippen LogP contribution is -2.42. The van der Waals surface area contributed by atoms with Gasteiger partial charge in [0.2, 0.25) is 0 Å². The first-order valence-corrected chi connectivity index (χ1v) is 8.49. The van der Waals surface area contributed by atoms with Crippen LogP contribution in [0.3, 0.4) is 0 Å². The molecule has 0 aromatic carbocycles. The van der Waals surface area contributed by atoms with Crippen molar-refractivity contribution in [3.05, 3.63) is 0 Å². The Hall–Kier alpha value is 0.217. The maximum atomic E-state index is 2.49. The van der Waals surface area contributed by atoms with Crippen LogP contribution in [0, 0.1) is 0 Å². The van der Waals surface area contributed by atoms with Gasteiger partial charge in [0.05, 0.1) is 8.07 Å². The Bertz CT molecular complexity index is 153. The molecule has 0 aromatic rings. The first kappa shape index (κ1) is 11.3. The summed E-state index contributed by atoms with van der Waals surface area (Å²) in [6.07, 6.45) is 4.52. The fourth-order valence-electron chi connectivity index (χ4n) is 3.90. The highest BCUT2D eigenvalue weighted by Crippen LogP contribution is 2.53. The molecule has 0 nitrogen and oxygen atoms in total. The molecule has 0 aromatic heterocycles. The summed E-state index contributed by atoms with van der Waals surface area (Å²) in [5.41, 5.74) is 3.13. The van der Waals surface area contributed by atoms with Crippen LogP contribution >= 0.6 is 0 Å². The molecule has 0 bridgehead atoms. The van der Waals surface area contributed by atoms with Crippen LogP contribution in [0.15, 0.2) is 0 Å². The van der Waals surface area contributed by atoms with Gasteiger partial charge < -0.3 is 0 Å². The molecule has 0 amide bonds. The van der Waals surface area contributed by atoms with E-state index in [1.165, 1.54) is 12.8 Å². The van der Waals surface area contributed by atoms with Crippen molar-refractivity contribution in [3.63, 3.8) is 0 Å². The zero-order chi connectivity index (χ0) is 10.1. The molecular weight excluding hydrogens is 172 g/mol. The first-order chi connectivity index (χ1) is 6.05. The van der Waals surface area contributed by atoms with E-state index in [4.69, 9.17) is 0 Å². The Morgan fingerprint density at radius 1 is 1.15 bits per heavy atom. The predicted molar refractivity (Wildman–Crippen MR) is 64.0 cm³/mol. The molecule has 0 radical (unpaired) electrons. The van der Waals surface area contributed by atoms with Crippen LogP contribution < -0.4 is 0 Å². The summed E-state index contributed by atoms with van der Waals surface area (Å²) in [7, 11) is -0.916. The molecule has 0 aliphatic carbocycles. The minimum atomic E-state index is -0.916. The van der Waals surface area contributed by atoms with Crippen molar-refractivity contribution < 1.29 is 0 Å². The summed E-state index contributed by atoms with van der Waals surface area (Å²) < 4.78 is 0. The molecule has 1 heterocycles. The highest BCUT2D eigenvalue weighted by molar-refractivity contribution is 6.84. The number of hydrogen-bond donors (Lipinski definition) is 0. The van der Waals surface area contributed by atoms with Crippen molar-refractivity contribution in [1.29, 1.82) is 0 Å². The summed E-state index contributed by atoms with van der Waals surface area (Å²) in [6, 6.07) is 1.61. The molecule has 0 spiro atoms. The molecule has 13 heavy (non-hydrogen) atoms. The molecule has 0 saturated carbocycles.